The molecule has 1 aromatic rings. The molecular weight excluding hydrogens is 336 g/mol. The lowest BCUT2D eigenvalue weighted by Crippen LogP contribution is -2.47. The molecule has 0 aromatic heterocycles. The van der Waals surface area contributed by atoms with E-state index in [0.717, 1.165) is 6.42 Å². The smallest absolute Gasteiger partial charge is 0.253 e. The normalized spacial score (nSPS) is 18.9. The van der Waals surface area contributed by atoms with Crippen LogP contribution in [0, 0.1) is 0 Å². The lowest BCUT2D eigenvalue weighted by atomic mass is 10.0. The van der Waals surface area contributed by atoms with Gasteiger partial charge in [-0.3, -0.25) is 9.59 Å². The number of piperidine rings is 1. The van der Waals surface area contributed by atoms with Gasteiger partial charge in [-0.2, -0.15) is 0 Å². The molecule has 3 rings (SSSR count). The van der Waals surface area contributed by atoms with Crippen molar-refractivity contribution < 1.29 is 23.8 Å². The molecule has 0 atom stereocenters. The number of likely N-dealkylation sites (tertiary alicyclic amines) is 1. The van der Waals surface area contributed by atoms with Crippen molar-refractivity contribution in [1.82, 2.24) is 10.2 Å². The third-order valence-corrected chi connectivity index (χ3v) is 4.81. The van der Waals surface area contributed by atoms with Crippen molar-refractivity contribution in [2.45, 2.75) is 25.0 Å². The second-order valence-electron chi connectivity index (χ2n) is 6.58. The third-order valence-electron chi connectivity index (χ3n) is 4.81. The topological polar surface area (TPSA) is 77.1 Å². The third kappa shape index (κ3) is 4.41. The van der Waals surface area contributed by atoms with Crippen molar-refractivity contribution in [3.63, 3.8) is 0 Å². The van der Waals surface area contributed by atoms with E-state index in [2.05, 4.69) is 5.32 Å². The van der Waals surface area contributed by atoms with Gasteiger partial charge in [-0.15, -0.1) is 0 Å². The molecule has 2 saturated heterocycles. The first-order chi connectivity index (χ1) is 12.6. The molecule has 1 N–H and O–H groups in total. The van der Waals surface area contributed by atoms with Crippen molar-refractivity contribution in [3.05, 3.63) is 35.4 Å². The first-order valence-corrected chi connectivity index (χ1v) is 9.08. The van der Waals surface area contributed by atoms with Crippen molar-refractivity contribution in [2.24, 2.45) is 0 Å². The Labute approximate surface area is 153 Å². The van der Waals surface area contributed by atoms with Gasteiger partial charge in [-0.05, 0) is 24.6 Å². The highest BCUT2D eigenvalue weighted by molar-refractivity contribution is 5.99. The summed E-state index contributed by atoms with van der Waals surface area (Å²) in [6.07, 6.45) is 2.11. The van der Waals surface area contributed by atoms with E-state index < -0.39 is 5.79 Å². The molecule has 26 heavy (non-hydrogen) atoms. The van der Waals surface area contributed by atoms with E-state index >= 15 is 0 Å². The molecule has 2 amide bonds. The maximum atomic E-state index is 12.8. The Morgan fingerprint density at radius 3 is 2.58 bits per heavy atom. The molecule has 0 radical (unpaired) electrons. The minimum atomic E-state index is -0.499. The molecular formula is C19H26N2O5. The van der Waals surface area contributed by atoms with Gasteiger partial charge in [0.2, 0.25) is 0 Å². The van der Waals surface area contributed by atoms with E-state index in [-0.39, 0.29) is 11.8 Å². The number of amides is 2. The summed E-state index contributed by atoms with van der Waals surface area (Å²) < 4.78 is 16.4. The summed E-state index contributed by atoms with van der Waals surface area (Å²) in [6.45, 7) is 3.56. The van der Waals surface area contributed by atoms with Crippen LogP contribution in [0.1, 0.15) is 40.0 Å². The predicted molar refractivity (Wildman–Crippen MR) is 95.0 cm³/mol. The Kier molecular flexibility index (Phi) is 6.24. The number of carbonyl (C=O) groups excluding carboxylic acids is 2. The summed E-state index contributed by atoms with van der Waals surface area (Å²) in [7, 11) is 1.63. The van der Waals surface area contributed by atoms with Gasteiger partial charge >= 0.3 is 0 Å². The van der Waals surface area contributed by atoms with E-state index in [0.29, 0.717) is 63.4 Å². The average molecular weight is 362 g/mol. The molecule has 0 aliphatic carbocycles. The number of nitrogens with zero attached hydrogens (tertiary/aromatic N) is 1. The van der Waals surface area contributed by atoms with Crippen LogP contribution in [0.15, 0.2) is 24.3 Å². The molecule has 2 aliphatic heterocycles. The largest absolute Gasteiger partial charge is 0.385 e. The highest BCUT2D eigenvalue weighted by Gasteiger charge is 2.40. The van der Waals surface area contributed by atoms with Gasteiger partial charge < -0.3 is 24.4 Å². The fourth-order valence-electron chi connectivity index (χ4n) is 3.33. The predicted octanol–water partition coefficient (Wildman–Crippen LogP) is 1.43. The van der Waals surface area contributed by atoms with Crippen LogP contribution < -0.4 is 5.32 Å². The van der Waals surface area contributed by atoms with Gasteiger partial charge in [0.15, 0.2) is 5.79 Å². The van der Waals surface area contributed by atoms with Gasteiger partial charge in [-0.1, -0.05) is 6.07 Å². The van der Waals surface area contributed by atoms with Crippen molar-refractivity contribution in [2.75, 3.05) is 46.6 Å². The molecule has 2 heterocycles. The summed E-state index contributed by atoms with van der Waals surface area (Å²) in [5, 5.41) is 2.84. The summed E-state index contributed by atoms with van der Waals surface area (Å²) in [6, 6.07) is 6.86. The standard InChI is InChI=1S/C19H26N2O5/c1-24-11-3-8-20-17(22)15-4-2-5-16(14-15)18(23)21-9-6-19(7-10-21)25-12-13-26-19/h2,4-5,14H,3,6-13H2,1H3,(H,20,22). The Morgan fingerprint density at radius 2 is 1.88 bits per heavy atom. The number of methoxy groups -OCH3 is 1. The molecule has 1 spiro atoms. The molecule has 1 aromatic carbocycles. The summed E-state index contributed by atoms with van der Waals surface area (Å²) in [5.41, 5.74) is 1.02. The highest BCUT2D eigenvalue weighted by Crippen LogP contribution is 2.31. The van der Waals surface area contributed by atoms with Gasteiger partial charge in [-0.25, -0.2) is 0 Å². The zero-order valence-corrected chi connectivity index (χ0v) is 15.2. The number of ether oxygens (including phenoxy) is 3. The Bertz CT molecular complexity index is 633. The van der Waals surface area contributed by atoms with Crippen LogP contribution in [-0.2, 0) is 14.2 Å². The lowest BCUT2D eigenvalue weighted by molar-refractivity contribution is -0.181. The van der Waals surface area contributed by atoms with E-state index in [1.807, 2.05) is 0 Å². The molecule has 142 valence electrons. The van der Waals surface area contributed by atoms with Gasteiger partial charge in [0, 0.05) is 57.3 Å². The fourth-order valence-corrected chi connectivity index (χ4v) is 3.33. The Hall–Kier alpha value is -1.96. The van der Waals surface area contributed by atoms with E-state index in [1.165, 1.54) is 0 Å². The molecule has 2 aliphatic rings. The van der Waals surface area contributed by atoms with Crippen molar-refractivity contribution in [3.8, 4) is 0 Å². The number of hydrogen-bond donors (Lipinski definition) is 1. The van der Waals surface area contributed by atoms with Crippen LogP contribution >= 0.6 is 0 Å². The lowest BCUT2D eigenvalue weighted by Gasteiger charge is -2.37. The van der Waals surface area contributed by atoms with Crippen LogP contribution in [0.3, 0.4) is 0 Å². The van der Waals surface area contributed by atoms with Gasteiger partial charge in [0.25, 0.3) is 11.8 Å². The fraction of sp³-hybridized carbons (Fsp3) is 0.579. The first-order valence-electron chi connectivity index (χ1n) is 9.08. The number of nitrogens with one attached hydrogen (secondary N) is 1. The Morgan fingerprint density at radius 1 is 1.19 bits per heavy atom. The van der Waals surface area contributed by atoms with Crippen molar-refractivity contribution in [1.29, 1.82) is 0 Å². The minimum absolute atomic E-state index is 0.0631. The molecule has 2 fully saturated rings. The maximum absolute atomic E-state index is 12.8. The van der Waals surface area contributed by atoms with Crippen LogP contribution in [0.2, 0.25) is 0 Å². The van der Waals surface area contributed by atoms with Crippen LogP contribution in [0.25, 0.3) is 0 Å². The average Bonchev–Trinajstić information content (AvgIpc) is 3.13. The second kappa shape index (κ2) is 8.62. The molecule has 0 unspecified atom stereocenters. The molecule has 7 nitrogen and oxygen atoms in total. The minimum Gasteiger partial charge on any atom is -0.385 e. The molecule has 7 heteroatoms. The molecule has 0 saturated carbocycles. The number of hydrogen-bond acceptors (Lipinski definition) is 5. The number of rotatable bonds is 6. The van der Waals surface area contributed by atoms with E-state index in [4.69, 9.17) is 14.2 Å². The summed E-state index contributed by atoms with van der Waals surface area (Å²) >= 11 is 0. The van der Waals surface area contributed by atoms with E-state index in [1.54, 1.807) is 36.3 Å². The van der Waals surface area contributed by atoms with Crippen LogP contribution in [0.5, 0.6) is 0 Å². The quantitative estimate of drug-likeness (QED) is 0.775. The molecule has 0 bridgehead atoms. The highest BCUT2D eigenvalue weighted by atomic mass is 16.7. The van der Waals surface area contributed by atoms with E-state index in [9.17, 15) is 9.59 Å². The Balaban J connectivity index is 1.57. The summed E-state index contributed by atoms with van der Waals surface area (Å²) in [4.78, 5) is 26.8. The zero-order chi connectivity index (χ0) is 18.4. The van der Waals surface area contributed by atoms with Crippen LogP contribution in [0.4, 0.5) is 0 Å². The maximum Gasteiger partial charge on any atom is 0.253 e. The first kappa shape index (κ1) is 18.8. The van der Waals surface area contributed by atoms with Crippen LogP contribution in [-0.4, -0.2) is 69.1 Å². The number of benzene rings is 1. The monoisotopic (exact) mass is 362 g/mol. The SMILES string of the molecule is COCCCNC(=O)c1cccc(C(=O)N2CCC3(CC2)OCCO3)c1. The summed E-state index contributed by atoms with van der Waals surface area (Å²) in [5.74, 6) is -0.742. The second-order valence-corrected chi connectivity index (χ2v) is 6.58. The van der Waals surface area contributed by atoms with Gasteiger partial charge in [0.05, 0.1) is 13.2 Å². The number of carbonyl (C=O) groups is 2. The van der Waals surface area contributed by atoms with Gasteiger partial charge in [0.1, 0.15) is 0 Å². The van der Waals surface area contributed by atoms with Crippen molar-refractivity contribution >= 4 is 11.8 Å². The zero-order valence-electron chi connectivity index (χ0n) is 15.2.